The molecule has 2 aliphatic heterocycles. The molecule has 168 valence electrons. The van der Waals surface area contributed by atoms with Crippen LogP contribution < -0.4 is 15.5 Å². The molecule has 1 aromatic rings. The van der Waals surface area contributed by atoms with Crippen molar-refractivity contribution in [1.82, 2.24) is 15.5 Å². The van der Waals surface area contributed by atoms with Crippen LogP contribution in [0.25, 0.3) is 0 Å². The maximum Gasteiger partial charge on any atom is 0.322 e. The van der Waals surface area contributed by atoms with Gasteiger partial charge in [0.05, 0.1) is 0 Å². The molecule has 4 rings (SSSR count). The summed E-state index contributed by atoms with van der Waals surface area (Å²) >= 11 is 12.3. The molecule has 1 saturated carbocycles. The molecule has 7 nitrogen and oxygen atoms in total. The average molecular weight is 467 g/mol. The minimum Gasteiger partial charge on any atom is -0.368 e. The number of hydrogen-bond acceptors (Lipinski definition) is 4. The fourth-order valence-electron chi connectivity index (χ4n) is 4.89. The maximum atomic E-state index is 13.4. The number of anilines is 1. The normalized spacial score (nSPS) is 24.7. The number of carbonyl (C=O) groups is 3. The van der Waals surface area contributed by atoms with Gasteiger partial charge in [0.15, 0.2) is 0 Å². The molecular formula is C22H28Cl2N4O3. The molecule has 1 aliphatic carbocycles. The summed E-state index contributed by atoms with van der Waals surface area (Å²) in [5.41, 5.74) is 0.0131. The van der Waals surface area contributed by atoms with E-state index in [9.17, 15) is 14.4 Å². The van der Waals surface area contributed by atoms with E-state index in [-0.39, 0.29) is 23.7 Å². The first-order chi connectivity index (χ1) is 14.8. The van der Waals surface area contributed by atoms with Gasteiger partial charge in [-0.3, -0.25) is 14.9 Å². The Bertz CT molecular complexity index is 863. The highest BCUT2D eigenvalue weighted by molar-refractivity contribution is 6.35. The van der Waals surface area contributed by atoms with Gasteiger partial charge in [-0.1, -0.05) is 36.5 Å². The van der Waals surface area contributed by atoms with Crippen LogP contribution >= 0.6 is 23.2 Å². The van der Waals surface area contributed by atoms with E-state index in [1.54, 1.807) is 6.07 Å². The fraction of sp³-hybridized carbons (Fsp3) is 0.591. The molecule has 2 N–H and O–H groups in total. The highest BCUT2D eigenvalue weighted by Gasteiger charge is 2.57. The summed E-state index contributed by atoms with van der Waals surface area (Å²) in [5.74, 6) is -0.381. The van der Waals surface area contributed by atoms with Crippen molar-refractivity contribution in [3.05, 3.63) is 28.2 Å². The first-order valence-corrected chi connectivity index (χ1v) is 11.7. The number of piperazine rings is 1. The first-order valence-electron chi connectivity index (χ1n) is 11.0. The zero-order valence-electron chi connectivity index (χ0n) is 17.6. The van der Waals surface area contributed by atoms with E-state index in [4.69, 9.17) is 23.2 Å². The predicted octanol–water partition coefficient (Wildman–Crippen LogP) is 3.44. The molecule has 9 heteroatoms. The van der Waals surface area contributed by atoms with Crippen molar-refractivity contribution in [3.8, 4) is 0 Å². The van der Waals surface area contributed by atoms with E-state index in [0.29, 0.717) is 49.1 Å². The number of nitrogens with one attached hydrogen (secondary N) is 2. The topological polar surface area (TPSA) is 81.8 Å². The molecule has 0 radical (unpaired) electrons. The van der Waals surface area contributed by atoms with E-state index >= 15 is 0 Å². The molecule has 0 bridgehead atoms. The van der Waals surface area contributed by atoms with Crippen LogP contribution in [0.4, 0.5) is 10.5 Å². The third kappa shape index (κ3) is 4.62. The monoisotopic (exact) mass is 466 g/mol. The van der Waals surface area contributed by atoms with Crippen molar-refractivity contribution in [1.29, 1.82) is 0 Å². The molecule has 2 saturated heterocycles. The summed E-state index contributed by atoms with van der Waals surface area (Å²) in [6.45, 7) is 4.60. The van der Waals surface area contributed by atoms with E-state index in [1.165, 1.54) is 0 Å². The summed E-state index contributed by atoms with van der Waals surface area (Å²) in [5, 5.41) is 6.43. The van der Waals surface area contributed by atoms with E-state index in [0.717, 1.165) is 24.9 Å². The molecule has 2 heterocycles. The lowest BCUT2D eigenvalue weighted by Gasteiger charge is -2.39. The Labute approximate surface area is 192 Å². The lowest BCUT2D eigenvalue weighted by Crippen LogP contribution is -2.54. The van der Waals surface area contributed by atoms with Gasteiger partial charge in [0.25, 0.3) is 5.91 Å². The van der Waals surface area contributed by atoms with Gasteiger partial charge >= 0.3 is 6.03 Å². The van der Waals surface area contributed by atoms with Gasteiger partial charge in [0.1, 0.15) is 5.54 Å². The number of halogens is 2. The van der Waals surface area contributed by atoms with Crippen molar-refractivity contribution in [3.63, 3.8) is 0 Å². The highest BCUT2D eigenvalue weighted by Crippen LogP contribution is 2.45. The molecule has 0 aromatic heterocycles. The molecule has 4 amide bonds. The summed E-state index contributed by atoms with van der Waals surface area (Å²) in [4.78, 5) is 42.0. The van der Waals surface area contributed by atoms with Crippen molar-refractivity contribution >= 4 is 46.7 Å². The zero-order chi connectivity index (χ0) is 22.2. The Morgan fingerprint density at radius 1 is 1.13 bits per heavy atom. The average Bonchev–Trinajstić information content (AvgIpc) is 3.53. The van der Waals surface area contributed by atoms with Crippen LogP contribution in [0.1, 0.15) is 39.0 Å². The zero-order valence-corrected chi connectivity index (χ0v) is 19.1. The predicted molar refractivity (Wildman–Crippen MR) is 120 cm³/mol. The lowest BCUT2D eigenvalue weighted by molar-refractivity contribution is -0.137. The molecule has 2 unspecified atom stereocenters. The highest BCUT2D eigenvalue weighted by atomic mass is 35.5. The Balaban J connectivity index is 1.43. The van der Waals surface area contributed by atoms with E-state index in [2.05, 4.69) is 15.5 Å². The quantitative estimate of drug-likeness (QED) is 0.602. The smallest absolute Gasteiger partial charge is 0.322 e. The number of rotatable bonds is 7. The second-order valence-electron chi connectivity index (χ2n) is 8.78. The second-order valence-corrected chi connectivity index (χ2v) is 9.66. The van der Waals surface area contributed by atoms with Crippen molar-refractivity contribution in [2.45, 2.75) is 44.6 Å². The van der Waals surface area contributed by atoms with Crippen molar-refractivity contribution < 1.29 is 14.4 Å². The second kappa shape index (κ2) is 8.87. The maximum absolute atomic E-state index is 13.4. The minimum atomic E-state index is -0.939. The molecule has 3 fully saturated rings. The van der Waals surface area contributed by atoms with Crippen LogP contribution in [0.15, 0.2) is 18.2 Å². The number of benzene rings is 1. The summed E-state index contributed by atoms with van der Waals surface area (Å²) < 4.78 is 0. The Morgan fingerprint density at radius 3 is 2.29 bits per heavy atom. The molecule has 31 heavy (non-hydrogen) atoms. The largest absolute Gasteiger partial charge is 0.368 e. The van der Waals surface area contributed by atoms with Gasteiger partial charge in [-0.2, -0.15) is 0 Å². The molecular weight excluding hydrogens is 439 g/mol. The molecule has 2 atom stereocenters. The third-order valence-corrected chi connectivity index (χ3v) is 7.04. The first kappa shape index (κ1) is 22.2. The number of imide groups is 1. The van der Waals surface area contributed by atoms with Gasteiger partial charge in [0, 0.05) is 47.8 Å². The van der Waals surface area contributed by atoms with Gasteiger partial charge < -0.3 is 15.1 Å². The van der Waals surface area contributed by atoms with E-state index < -0.39 is 11.6 Å². The summed E-state index contributed by atoms with van der Waals surface area (Å²) in [6, 6.07) is 5.01. The molecule has 1 aromatic carbocycles. The number of carbonyl (C=O) groups excluding carboxylic acids is 3. The van der Waals surface area contributed by atoms with Crippen LogP contribution in [0.3, 0.4) is 0 Å². The van der Waals surface area contributed by atoms with Gasteiger partial charge in [-0.15, -0.1) is 0 Å². The van der Waals surface area contributed by atoms with E-state index in [1.807, 2.05) is 24.0 Å². The number of nitrogens with zero attached hydrogens (tertiary/aromatic N) is 2. The van der Waals surface area contributed by atoms with Crippen LogP contribution in [-0.2, 0) is 9.59 Å². The number of hydrogen-bond donors (Lipinski definition) is 2. The van der Waals surface area contributed by atoms with Crippen molar-refractivity contribution in [2.75, 3.05) is 31.1 Å². The lowest BCUT2D eigenvalue weighted by atomic mass is 9.80. The Hall–Kier alpha value is -1.99. The minimum absolute atomic E-state index is 0.0691. The molecule has 0 spiro atoms. The van der Waals surface area contributed by atoms with Crippen LogP contribution in [0, 0.1) is 11.8 Å². The summed E-state index contributed by atoms with van der Waals surface area (Å²) in [6.07, 6.45) is 3.71. The molecule has 3 aliphatic rings. The van der Waals surface area contributed by atoms with Gasteiger partial charge in [0.2, 0.25) is 5.91 Å². The fourth-order valence-corrected chi connectivity index (χ4v) is 5.41. The third-order valence-electron chi connectivity index (χ3n) is 6.60. The Morgan fingerprint density at radius 2 is 1.77 bits per heavy atom. The van der Waals surface area contributed by atoms with Gasteiger partial charge in [-0.25, -0.2) is 4.79 Å². The van der Waals surface area contributed by atoms with Crippen LogP contribution in [-0.4, -0.2) is 54.5 Å². The SMILES string of the molecule is CCCC(CC1(C2CC2)NC(=O)NC1=O)C(=O)N1CCN(c2cc(Cl)cc(Cl)c2)CC1. The Kier molecular flexibility index (Phi) is 6.35. The van der Waals surface area contributed by atoms with Crippen molar-refractivity contribution in [2.24, 2.45) is 11.8 Å². The summed E-state index contributed by atoms with van der Waals surface area (Å²) in [7, 11) is 0. The van der Waals surface area contributed by atoms with Crippen LogP contribution in [0.2, 0.25) is 10.0 Å². The van der Waals surface area contributed by atoms with Gasteiger partial charge in [-0.05, 0) is 49.8 Å². The standard InChI is InChI=1S/C22H28Cl2N4O3/c1-2-3-14(13-22(15-4-5-15)20(30)25-21(31)26-22)19(29)28-8-6-27(7-9-28)18-11-16(23)10-17(24)12-18/h10-12,14-15H,2-9,13H2,1H3,(H2,25,26,30,31). The number of amides is 4. The van der Waals surface area contributed by atoms with Crippen LogP contribution in [0.5, 0.6) is 0 Å². The number of urea groups is 1.